The predicted octanol–water partition coefficient (Wildman–Crippen LogP) is 3.50. The summed E-state index contributed by atoms with van der Waals surface area (Å²) in [6.45, 7) is 0. The van der Waals surface area contributed by atoms with Crippen LogP contribution in [0.3, 0.4) is 0 Å². The second-order valence-corrected chi connectivity index (χ2v) is 5.96. The Morgan fingerprint density at radius 2 is 2.05 bits per heavy atom. The maximum atomic E-state index is 11.5. The molecule has 1 N–H and O–H groups in total. The number of nitrogens with zero attached hydrogens (tertiary/aromatic N) is 1. The first-order valence-electron chi connectivity index (χ1n) is 6.80. The first-order valence-corrected chi connectivity index (χ1v) is 7.59. The molecule has 0 saturated heterocycles. The first kappa shape index (κ1) is 15.8. The molecule has 0 radical (unpaired) electrons. The van der Waals surface area contributed by atoms with E-state index in [9.17, 15) is 14.9 Å². The fourth-order valence-corrected chi connectivity index (χ4v) is 3.19. The monoisotopic (exact) mass is 356 g/mol. The van der Waals surface area contributed by atoms with Crippen LogP contribution >= 0.6 is 15.9 Å². The van der Waals surface area contributed by atoms with Crippen molar-refractivity contribution in [2.45, 2.75) is 31.7 Å². The SMILES string of the molecule is COC(=O)C1CCC(Nc2cccc(Br)c2[N+](=O)[O-])CC1. The van der Waals surface area contributed by atoms with Crippen LogP contribution in [-0.4, -0.2) is 24.0 Å². The van der Waals surface area contributed by atoms with Crippen LogP contribution in [0.2, 0.25) is 0 Å². The molecule has 0 aliphatic heterocycles. The van der Waals surface area contributed by atoms with E-state index in [1.54, 1.807) is 18.2 Å². The van der Waals surface area contributed by atoms with Crippen LogP contribution in [0.25, 0.3) is 0 Å². The van der Waals surface area contributed by atoms with Crippen LogP contribution in [0.5, 0.6) is 0 Å². The predicted molar refractivity (Wildman–Crippen MR) is 82.2 cm³/mol. The van der Waals surface area contributed by atoms with Crippen molar-refractivity contribution in [1.82, 2.24) is 0 Å². The summed E-state index contributed by atoms with van der Waals surface area (Å²) in [5.41, 5.74) is 0.559. The molecule has 7 heteroatoms. The van der Waals surface area contributed by atoms with E-state index in [0.29, 0.717) is 10.2 Å². The molecule has 114 valence electrons. The normalized spacial score (nSPS) is 21.6. The van der Waals surface area contributed by atoms with E-state index in [2.05, 4.69) is 21.2 Å². The van der Waals surface area contributed by atoms with Crippen molar-refractivity contribution in [1.29, 1.82) is 0 Å². The van der Waals surface area contributed by atoms with Crippen molar-refractivity contribution < 1.29 is 14.5 Å². The fraction of sp³-hybridized carbons (Fsp3) is 0.500. The molecule has 6 nitrogen and oxygen atoms in total. The van der Waals surface area contributed by atoms with Crippen molar-refractivity contribution in [3.63, 3.8) is 0 Å². The maximum absolute atomic E-state index is 11.5. The van der Waals surface area contributed by atoms with E-state index in [4.69, 9.17) is 4.74 Å². The number of hydrogen-bond donors (Lipinski definition) is 1. The lowest BCUT2D eigenvalue weighted by atomic mass is 9.86. The van der Waals surface area contributed by atoms with E-state index >= 15 is 0 Å². The van der Waals surface area contributed by atoms with Gasteiger partial charge in [0.1, 0.15) is 5.69 Å². The highest BCUT2D eigenvalue weighted by molar-refractivity contribution is 9.10. The summed E-state index contributed by atoms with van der Waals surface area (Å²) in [6, 6.07) is 5.26. The number of carbonyl (C=O) groups is 1. The van der Waals surface area contributed by atoms with Gasteiger partial charge in [-0.05, 0) is 53.7 Å². The Hall–Kier alpha value is -1.63. The number of halogens is 1. The zero-order valence-electron chi connectivity index (χ0n) is 11.7. The maximum Gasteiger partial charge on any atom is 0.308 e. The Balaban J connectivity index is 2.03. The van der Waals surface area contributed by atoms with E-state index in [1.807, 2.05) is 0 Å². The van der Waals surface area contributed by atoms with Crippen molar-refractivity contribution in [2.24, 2.45) is 5.92 Å². The van der Waals surface area contributed by atoms with Gasteiger partial charge in [0, 0.05) is 6.04 Å². The number of benzene rings is 1. The summed E-state index contributed by atoms with van der Waals surface area (Å²) in [5, 5.41) is 14.4. The molecule has 0 bridgehead atoms. The number of nitrogens with one attached hydrogen (secondary N) is 1. The number of rotatable bonds is 4. The average Bonchev–Trinajstić information content (AvgIpc) is 2.47. The van der Waals surface area contributed by atoms with Crippen LogP contribution in [-0.2, 0) is 9.53 Å². The number of esters is 1. The van der Waals surface area contributed by atoms with Crippen LogP contribution < -0.4 is 5.32 Å². The number of ether oxygens (including phenoxy) is 1. The molecule has 0 spiro atoms. The van der Waals surface area contributed by atoms with Crippen LogP contribution in [0.4, 0.5) is 11.4 Å². The molecule has 0 atom stereocenters. The largest absolute Gasteiger partial charge is 0.469 e. The van der Waals surface area contributed by atoms with Crippen molar-refractivity contribution >= 4 is 33.3 Å². The zero-order chi connectivity index (χ0) is 15.4. The molecular formula is C14H17BrN2O4. The highest BCUT2D eigenvalue weighted by Gasteiger charge is 2.28. The lowest BCUT2D eigenvalue weighted by Gasteiger charge is -2.28. The molecule has 1 aliphatic carbocycles. The molecule has 1 aromatic rings. The van der Waals surface area contributed by atoms with Gasteiger partial charge in [-0.3, -0.25) is 14.9 Å². The summed E-state index contributed by atoms with van der Waals surface area (Å²) < 4.78 is 5.21. The lowest BCUT2D eigenvalue weighted by molar-refractivity contribution is -0.384. The zero-order valence-corrected chi connectivity index (χ0v) is 13.3. The van der Waals surface area contributed by atoms with Gasteiger partial charge in [-0.1, -0.05) is 6.07 Å². The molecule has 0 amide bonds. The van der Waals surface area contributed by atoms with Gasteiger partial charge in [0.25, 0.3) is 0 Å². The number of carbonyl (C=O) groups excluding carboxylic acids is 1. The highest BCUT2D eigenvalue weighted by Crippen LogP contribution is 2.35. The van der Waals surface area contributed by atoms with Crippen molar-refractivity contribution in [3.8, 4) is 0 Å². The van der Waals surface area contributed by atoms with E-state index in [-0.39, 0.29) is 23.6 Å². The summed E-state index contributed by atoms with van der Waals surface area (Å²) in [5.74, 6) is -0.215. The Kier molecular flexibility index (Phi) is 5.17. The number of para-hydroxylation sites is 1. The summed E-state index contributed by atoms with van der Waals surface area (Å²) in [6.07, 6.45) is 3.07. The number of nitro benzene ring substituents is 1. The molecule has 0 unspecified atom stereocenters. The molecule has 21 heavy (non-hydrogen) atoms. The van der Waals surface area contributed by atoms with Gasteiger partial charge in [-0.15, -0.1) is 0 Å². The molecule has 1 aromatic carbocycles. The van der Waals surface area contributed by atoms with Gasteiger partial charge in [0.05, 0.1) is 22.4 Å². The molecule has 1 fully saturated rings. The quantitative estimate of drug-likeness (QED) is 0.507. The van der Waals surface area contributed by atoms with E-state index in [1.165, 1.54) is 7.11 Å². The van der Waals surface area contributed by atoms with Crippen LogP contribution in [0.1, 0.15) is 25.7 Å². The number of anilines is 1. The minimum Gasteiger partial charge on any atom is -0.469 e. The molecule has 1 saturated carbocycles. The van der Waals surface area contributed by atoms with Gasteiger partial charge in [-0.2, -0.15) is 0 Å². The van der Waals surface area contributed by atoms with Gasteiger partial charge >= 0.3 is 11.7 Å². The Morgan fingerprint density at radius 3 is 2.62 bits per heavy atom. The number of hydrogen-bond acceptors (Lipinski definition) is 5. The van der Waals surface area contributed by atoms with Gasteiger partial charge in [-0.25, -0.2) is 0 Å². The molecule has 0 aromatic heterocycles. The Morgan fingerprint density at radius 1 is 1.38 bits per heavy atom. The minimum absolute atomic E-state index is 0.0487. The fourth-order valence-electron chi connectivity index (χ4n) is 2.68. The third-order valence-corrected chi connectivity index (χ3v) is 4.43. The lowest BCUT2D eigenvalue weighted by Crippen LogP contribution is -2.30. The minimum atomic E-state index is -0.396. The third kappa shape index (κ3) is 3.72. The van der Waals surface area contributed by atoms with Crippen LogP contribution in [0.15, 0.2) is 22.7 Å². The molecule has 0 heterocycles. The topological polar surface area (TPSA) is 81.5 Å². The molecular weight excluding hydrogens is 340 g/mol. The smallest absolute Gasteiger partial charge is 0.308 e. The first-order chi connectivity index (χ1) is 10.0. The Labute approximate surface area is 131 Å². The van der Waals surface area contributed by atoms with Gasteiger partial charge in [0.15, 0.2) is 0 Å². The van der Waals surface area contributed by atoms with E-state index < -0.39 is 4.92 Å². The standard InChI is InChI=1S/C14H17BrN2O4/c1-21-14(18)9-5-7-10(8-6-9)16-12-4-2-3-11(15)13(12)17(19)20/h2-4,9-10,16H,5-8H2,1H3. The van der Waals surface area contributed by atoms with Crippen LogP contribution in [0, 0.1) is 16.0 Å². The highest BCUT2D eigenvalue weighted by atomic mass is 79.9. The van der Waals surface area contributed by atoms with Crippen molar-refractivity contribution in [3.05, 3.63) is 32.8 Å². The van der Waals surface area contributed by atoms with Crippen molar-refractivity contribution in [2.75, 3.05) is 12.4 Å². The Bertz CT molecular complexity index is 542. The third-order valence-electron chi connectivity index (χ3n) is 3.79. The summed E-state index contributed by atoms with van der Waals surface area (Å²) in [7, 11) is 1.40. The van der Waals surface area contributed by atoms with E-state index in [0.717, 1.165) is 25.7 Å². The number of nitro groups is 1. The number of methoxy groups -OCH3 is 1. The molecule has 2 rings (SSSR count). The second-order valence-electron chi connectivity index (χ2n) is 5.11. The van der Waals surface area contributed by atoms with Gasteiger partial charge in [0.2, 0.25) is 0 Å². The second kappa shape index (κ2) is 6.89. The molecule has 1 aliphatic rings. The van der Waals surface area contributed by atoms with Gasteiger partial charge < -0.3 is 10.1 Å². The summed E-state index contributed by atoms with van der Waals surface area (Å²) >= 11 is 3.21. The summed E-state index contributed by atoms with van der Waals surface area (Å²) in [4.78, 5) is 22.2. The average molecular weight is 357 g/mol.